The lowest BCUT2D eigenvalue weighted by Gasteiger charge is -2.10. The summed E-state index contributed by atoms with van der Waals surface area (Å²) in [5.74, 6) is 0.458. The molecule has 1 heterocycles. The Morgan fingerprint density at radius 3 is 2.69 bits per heavy atom. The molecule has 5 nitrogen and oxygen atoms in total. The molecule has 6 heteroatoms. The van der Waals surface area contributed by atoms with E-state index >= 15 is 0 Å². The minimum Gasteiger partial charge on any atom is -0.328 e. The van der Waals surface area contributed by atoms with Crippen molar-refractivity contribution in [2.24, 2.45) is 0 Å². The van der Waals surface area contributed by atoms with Gasteiger partial charge in [-0.25, -0.2) is 9.97 Å². The van der Waals surface area contributed by atoms with Gasteiger partial charge in [-0.15, -0.1) is 0 Å². The fourth-order valence-corrected chi connectivity index (χ4v) is 1.75. The van der Waals surface area contributed by atoms with Crippen molar-refractivity contribution in [2.75, 3.05) is 5.32 Å². The molecular formula is C10H9N3O2S. The van der Waals surface area contributed by atoms with Crippen LogP contribution in [0.3, 0.4) is 0 Å². The van der Waals surface area contributed by atoms with Crippen molar-refractivity contribution in [3.63, 3.8) is 0 Å². The fraction of sp³-hybridized carbons (Fsp3) is 0.100. The van der Waals surface area contributed by atoms with Gasteiger partial charge in [0.05, 0.1) is 4.86 Å². The molecule has 1 N–H and O–H groups in total. The average molecular weight is 235 g/mol. The summed E-state index contributed by atoms with van der Waals surface area (Å²) in [6.45, 7) is 0. The number of aromatic nitrogens is 2. The van der Waals surface area contributed by atoms with Crippen LogP contribution in [-0.2, 0) is 10.3 Å². The molecule has 1 aromatic heterocycles. The zero-order valence-electron chi connectivity index (χ0n) is 8.29. The maximum atomic E-state index is 10.8. The van der Waals surface area contributed by atoms with Crippen LogP contribution in [0.1, 0.15) is 6.42 Å². The highest BCUT2D eigenvalue weighted by Crippen LogP contribution is 2.11. The summed E-state index contributed by atoms with van der Waals surface area (Å²) in [7, 11) is -2.17. The summed E-state index contributed by atoms with van der Waals surface area (Å²) in [6.07, 6.45) is 8.62. The molecule has 0 radical (unpaired) electrons. The minimum atomic E-state index is -2.17. The standard InChI is InChI=1S/C10H9N3O2S/c14-16(15)9-4-1-3-8(7-9)13-10-11-5-2-6-12-10/h1-6H,7H2,(H,11,12,13). The van der Waals surface area contributed by atoms with Gasteiger partial charge in [0.25, 0.3) is 0 Å². The molecule has 0 spiro atoms. The predicted molar refractivity (Wildman–Crippen MR) is 61.4 cm³/mol. The number of nitrogens with zero attached hydrogens (tertiary/aromatic N) is 2. The summed E-state index contributed by atoms with van der Waals surface area (Å²) < 4.78 is 21.6. The van der Waals surface area contributed by atoms with Crippen LogP contribution in [0.5, 0.6) is 0 Å². The van der Waals surface area contributed by atoms with Crippen molar-refractivity contribution < 1.29 is 8.42 Å². The topological polar surface area (TPSA) is 72.0 Å². The Labute approximate surface area is 94.1 Å². The van der Waals surface area contributed by atoms with Crippen LogP contribution in [-0.4, -0.2) is 23.3 Å². The van der Waals surface area contributed by atoms with E-state index in [1.54, 1.807) is 36.7 Å². The van der Waals surface area contributed by atoms with E-state index in [9.17, 15) is 8.42 Å². The van der Waals surface area contributed by atoms with Gasteiger partial charge >= 0.3 is 0 Å². The molecule has 16 heavy (non-hydrogen) atoms. The van der Waals surface area contributed by atoms with E-state index in [0.717, 1.165) is 5.70 Å². The summed E-state index contributed by atoms with van der Waals surface area (Å²) in [5, 5.41) is 2.96. The molecule has 0 unspecified atom stereocenters. The summed E-state index contributed by atoms with van der Waals surface area (Å²) >= 11 is 0. The molecule has 1 aliphatic rings. The second kappa shape index (κ2) is 4.71. The Morgan fingerprint density at radius 2 is 2.00 bits per heavy atom. The van der Waals surface area contributed by atoms with Gasteiger partial charge in [-0.1, -0.05) is 6.08 Å². The average Bonchev–Trinajstić information content (AvgIpc) is 2.30. The Morgan fingerprint density at radius 1 is 1.25 bits per heavy atom. The van der Waals surface area contributed by atoms with Crippen LogP contribution in [0.25, 0.3) is 0 Å². The molecule has 1 aliphatic carbocycles. The Bertz CT molecular complexity index is 565. The third-order valence-electron chi connectivity index (χ3n) is 2.00. The monoisotopic (exact) mass is 235 g/mol. The summed E-state index contributed by atoms with van der Waals surface area (Å²) in [5.41, 5.74) is 0.757. The lowest BCUT2D eigenvalue weighted by Crippen LogP contribution is -2.10. The first kappa shape index (κ1) is 10.6. The number of anilines is 1. The molecule has 0 bridgehead atoms. The first-order chi connectivity index (χ1) is 7.75. The first-order valence-corrected chi connectivity index (χ1v) is 5.69. The van der Waals surface area contributed by atoms with Crippen LogP contribution >= 0.6 is 0 Å². The van der Waals surface area contributed by atoms with Crippen molar-refractivity contribution in [1.29, 1.82) is 0 Å². The normalized spacial score (nSPS) is 14.5. The number of rotatable bonds is 2. The highest BCUT2D eigenvalue weighted by atomic mass is 32.2. The van der Waals surface area contributed by atoms with E-state index in [4.69, 9.17) is 0 Å². The van der Waals surface area contributed by atoms with Gasteiger partial charge in [-0.05, 0) is 18.2 Å². The molecule has 0 saturated heterocycles. The van der Waals surface area contributed by atoms with E-state index in [0.29, 0.717) is 17.2 Å². The lowest BCUT2D eigenvalue weighted by atomic mass is 10.1. The second-order valence-electron chi connectivity index (χ2n) is 3.13. The number of hydrogen-bond donors (Lipinski definition) is 1. The van der Waals surface area contributed by atoms with Crippen molar-refractivity contribution in [3.05, 3.63) is 42.4 Å². The van der Waals surface area contributed by atoms with E-state index in [1.165, 1.54) is 0 Å². The maximum Gasteiger partial charge on any atom is 0.226 e. The van der Waals surface area contributed by atoms with E-state index in [2.05, 4.69) is 15.3 Å². The summed E-state index contributed by atoms with van der Waals surface area (Å²) in [6, 6.07) is 1.71. The Kier molecular flexibility index (Phi) is 3.11. The third kappa shape index (κ3) is 2.54. The number of hydrogen-bond acceptors (Lipinski definition) is 5. The van der Waals surface area contributed by atoms with Gasteiger partial charge in [0.1, 0.15) is 0 Å². The maximum absolute atomic E-state index is 10.8. The van der Waals surface area contributed by atoms with Crippen LogP contribution in [0.2, 0.25) is 0 Å². The second-order valence-corrected chi connectivity index (χ2v) is 4.12. The lowest BCUT2D eigenvalue weighted by molar-refractivity contribution is 0.627. The van der Waals surface area contributed by atoms with Crippen LogP contribution < -0.4 is 5.32 Å². The van der Waals surface area contributed by atoms with E-state index in [1.807, 2.05) is 0 Å². The zero-order chi connectivity index (χ0) is 11.4. The molecule has 1 aromatic rings. The number of allylic oxidation sites excluding steroid dienone is 4. The largest absolute Gasteiger partial charge is 0.328 e. The van der Waals surface area contributed by atoms with E-state index in [-0.39, 0.29) is 0 Å². The van der Waals surface area contributed by atoms with Crippen molar-refractivity contribution in [3.8, 4) is 0 Å². The van der Waals surface area contributed by atoms with Crippen LogP contribution in [0, 0.1) is 0 Å². The van der Waals surface area contributed by atoms with Crippen LogP contribution in [0.4, 0.5) is 5.95 Å². The third-order valence-corrected chi connectivity index (χ3v) is 2.70. The molecule has 0 aromatic carbocycles. The minimum absolute atomic E-state index is 0.338. The SMILES string of the molecule is O=S(=O)=C1C=CC=C(Nc2ncccn2)C1. The van der Waals surface area contributed by atoms with Crippen molar-refractivity contribution >= 4 is 21.1 Å². The summed E-state index contributed by atoms with van der Waals surface area (Å²) in [4.78, 5) is 8.33. The number of nitrogens with one attached hydrogen (secondary N) is 1. The highest BCUT2D eigenvalue weighted by molar-refractivity contribution is 7.73. The fourth-order valence-electron chi connectivity index (χ4n) is 1.28. The van der Waals surface area contributed by atoms with Gasteiger partial charge < -0.3 is 5.32 Å². The molecule has 0 atom stereocenters. The smallest absolute Gasteiger partial charge is 0.226 e. The van der Waals surface area contributed by atoms with Crippen molar-refractivity contribution in [2.45, 2.75) is 6.42 Å². The molecule has 0 fully saturated rings. The van der Waals surface area contributed by atoms with Crippen molar-refractivity contribution in [1.82, 2.24) is 9.97 Å². The molecular weight excluding hydrogens is 226 g/mol. The molecule has 2 rings (SSSR count). The van der Waals surface area contributed by atoms with E-state index < -0.39 is 10.3 Å². The molecule has 0 aliphatic heterocycles. The molecule has 82 valence electrons. The Balaban J connectivity index is 2.17. The van der Waals surface area contributed by atoms with Gasteiger partial charge in [0.15, 0.2) is 0 Å². The highest BCUT2D eigenvalue weighted by Gasteiger charge is 2.07. The van der Waals surface area contributed by atoms with Gasteiger partial charge in [-0.3, -0.25) is 0 Å². The first-order valence-electron chi connectivity index (χ1n) is 4.62. The van der Waals surface area contributed by atoms with Gasteiger partial charge in [-0.2, -0.15) is 8.42 Å². The van der Waals surface area contributed by atoms with Gasteiger partial charge in [0, 0.05) is 24.5 Å². The molecule has 0 amide bonds. The van der Waals surface area contributed by atoms with Gasteiger partial charge in [0.2, 0.25) is 16.2 Å². The van der Waals surface area contributed by atoms with Crippen LogP contribution in [0.15, 0.2) is 42.4 Å². The Hall–Kier alpha value is -1.95. The quantitative estimate of drug-likeness (QED) is 0.767. The zero-order valence-corrected chi connectivity index (χ0v) is 9.11. The molecule has 0 saturated carbocycles. The predicted octanol–water partition coefficient (Wildman–Crippen LogP) is 0.784.